The van der Waals surface area contributed by atoms with Gasteiger partial charge in [0.2, 0.25) is 0 Å². The molecule has 0 aromatic heterocycles. The highest BCUT2D eigenvalue weighted by Crippen LogP contribution is 2.23. The van der Waals surface area contributed by atoms with Gasteiger partial charge >= 0.3 is 12.0 Å². The van der Waals surface area contributed by atoms with Crippen molar-refractivity contribution in [2.24, 2.45) is 11.8 Å². The summed E-state index contributed by atoms with van der Waals surface area (Å²) in [6.45, 7) is 7.95. The molecule has 1 aliphatic heterocycles. The minimum absolute atomic E-state index is 0.0389. The first kappa shape index (κ1) is 12.8. The average Bonchev–Trinajstić information content (AvgIpc) is 2.62. The molecule has 0 aromatic rings. The molecule has 16 heavy (non-hydrogen) atoms. The van der Waals surface area contributed by atoms with Crippen molar-refractivity contribution in [3.05, 3.63) is 0 Å². The zero-order valence-electron chi connectivity index (χ0n) is 10.1. The first-order chi connectivity index (χ1) is 7.51. The summed E-state index contributed by atoms with van der Waals surface area (Å²) in [5, 5.41) is 8.98. The Hall–Kier alpha value is -1.26. The van der Waals surface area contributed by atoms with Crippen LogP contribution in [0, 0.1) is 11.8 Å². The van der Waals surface area contributed by atoms with E-state index in [1.165, 1.54) is 0 Å². The first-order valence-electron chi connectivity index (χ1n) is 5.77. The molecule has 92 valence electrons. The van der Waals surface area contributed by atoms with E-state index in [4.69, 9.17) is 5.11 Å². The summed E-state index contributed by atoms with van der Waals surface area (Å²) >= 11 is 0. The van der Waals surface area contributed by atoms with Crippen LogP contribution >= 0.6 is 0 Å². The second-order valence-corrected chi connectivity index (χ2v) is 4.28. The number of aliphatic carboxylic acids is 1. The fourth-order valence-corrected chi connectivity index (χ4v) is 2.14. The number of likely N-dealkylation sites (tertiary alicyclic amines) is 1. The molecule has 5 heteroatoms. The van der Waals surface area contributed by atoms with Crippen LogP contribution in [0.25, 0.3) is 0 Å². The molecule has 1 aliphatic rings. The van der Waals surface area contributed by atoms with Gasteiger partial charge in [-0.3, -0.25) is 4.79 Å². The predicted octanol–water partition coefficient (Wildman–Crippen LogP) is 1.10. The molecule has 0 bridgehead atoms. The molecule has 1 heterocycles. The van der Waals surface area contributed by atoms with E-state index >= 15 is 0 Å². The first-order valence-corrected chi connectivity index (χ1v) is 5.77. The van der Waals surface area contributed by atoms with Gasteiger partial charge < -0.3 is 14.9 Å². The average molecular weight is 228 g/mol. The predicted molar refractivity (Wildman–Crippen MR) is 60.2 cm³/mol. The van der Waals surface area contributed by atoms with Crippen molar-refractivity contribution in [1.29, 1.82) is 0 Å². The molecule has 0 aliphatic carbocycles. The quantitative estimate of drug-likeness (QED) is 0.787. The fourth-order valence-electron chi connectivity index (χ4n) is 2.14. The molecule has 2 amide bonds. The second kappa shape index (κ2) is 5.18. The van der Waals surface area contributed by atoms with E-state index in [-0.39, 0.29) is 11.9 Å². The number of carbonyl (C=O) groups excluding carboxylic acids is 1. The maximum Gasteiger partial charge on any atom is 0.320 e. The second-order valence-electron chi connectivity index (χ2n) is 4.28. The van der Waals surface area contributed by atoms with E-state index < -0.39 is 11.9 Å². The summed E-state index contributed by atoms with van der Waals surface area (Å²) in [5.41, 5.74) is 0. The Morgan fingerprint density at radius 3 is 2.25 bits per heavy atom. The fraction of sp³-hybridized carbons (Fsp3) is 0.818. The van der Waals surface area contributed by atoms with Gasteiger partial charge in [0.25, 0.3) is 0 Å². The van der Waals surface area contributed by atoms with Crippen molar-refractivity contribution in [2.75, 3.05) is 26.2 Å². The molecule has 1 rings (SSSR count). The third kappa shape index (κ3) is 2.46. The Labute approximate surface area is 96.0 Å². The summed E-state index contributed by atoms with van der Waals surface area (Å²) in [6.07, 6.45) is 0. The van der Waals surface area contributed by atoms with Crippen molar-refractivity contribution >= 4 is 12.0 Å². The standard InChI is InChI=1S/C11H20N2O3/c1-4-12(5-2)11(16)13-6-8(3)9(7-13)10(14)15/h8-9H,4-7H2,1-3H3,(H,14,15)/t8-,9-/m1/s1. The number of carboxylic acids is 1. The smallest absolute Gasteiger partial charge is 0.320 e. The van der Waals surface area contributed by atoms with Gasteiger partial charge in [-0.2, -0.15) is 0 Å². The number of nitrogens with zero attached hydrogens (tertiary/aromatic N) is 2. The lowest BCUT2D eigenvalue weighted by Gasteiger charge is -2.25. The number of urea groups is 1. The highest BCUT2D eigenvalue weighted by Gasteiger charge is 2.37. The van der Waals surface area contributed by atoms with Gasteiger partial charge in [0.05, 0.1) is 5.92 Å². The highest BCUT2D eigenvalue weighted by atomic mass is 16.4. The van der Waals surface area contributed by atoms with Gasteiger partial charge in [-0.05, 0) is 19.8 Å². The molecular weight excluding hydrogens is 208 g/mol. The van der Waals surface area contributed by atoms with Crippen LogP contribution in [0.1, 0.15) is 20.8 Å². The van der Waals surface area contributed by atoms with Crippen LogP contribution in [-0.4, -0.2) is 53.1 Å². The zero-order chi connectivity index (χ0) is 12.3. The van der Waals surface area contributed by atoms with Crippen LogP contribution in [0.15, 0.2) is 0 Å². The van der Waals surface area contributed by atoms with Crippen LogP contribution in [0.3, 0.4) is 0 Å². The SMILES string of the molecule is CCN(CC)C(=O)N1C[C@@H](C)[C@H](C(=O)O)C1. The Balaban J connectivity index is 2.64. The minimum Gasteiger partial charge on any atom is -0.481 e. The van der Waals surface area contributed by atoms with Crippen molar-refractivity contribution in [3.8, 4) is 0 Å². The molecule has 0 aromatic carbocycles. The van der Waals surface area contributed by atoms with Gasteiger partial charge in [0, 0.05) is 26.2 Å². The van der Waals surface area contributed by atoms with E-state index in [9.17, 15) is 9.59 Å². The number of amides is 2. The summed E-state index contributed by atoms with van der Waals surface area (Å²) in [4.78, 5) is 26.3. The van der Waals surface area contributed by atoms with Gasteiger partial charge in [-0.1, -0.05) is 6.92 Å². The highest BCUT2D eigenvalue weighted by molar-refractivity contribution is 5.77. The molecule has 0 saturated carbocycles. The number of rotatable bonds is 3. The van der Waals surface area contributed by atoms with E-state index in [0.29, 0.717) is 26.2 Å². The third-order valence-electron chi connectivity index (χ3n) is 3.23. The van der Waals surface area contributed by atoms with Crippen molar-refractivity contribution in [3.63, 3.8) is 0 Å². The van der Waals surface area contributed by atoms with Crippen LogP contribution < -0.4 is 0 Å². The molecule has 1 saturated heterocycles. The molecular formula is C11H20N2O3. The van der Waals surface area contributed by atoms with Crippen molar-refractivity contribution in [2.45, 2.75) is 20.8 Å². The van der Waals surface area contributed by atoms with Crippen molar-refractivity contribution in [1.82, 2.24) is 9.80 Å². The monoisotopic (exact) mass is 228 g/mol. The minimum atomic E-state index is -0.803. The van der Waals surface area contributed by atoms with E-state index in [1.54, 1.807) is 9.80 Å². The molecule has 1 N–H and O–H groups in total. The summed E-state index contributed by atoms with van der Waals surface area (Å²) in [5.74, 6) is -1.18. The van der Waals surface area contributed by atoms with Gasteiger partial charge in [0.1, 0.15) is 0 Å². The van der Waals surface area contributed by atoms with Crippen molar-refractivity contribution < 1.29 is 14.7 Å². The number of hydrogen-bond acceptors (Lipinski definition) is 2. The van der Waals surface area contributed by atoms with Gasteiger partial charge in [-0.25, -0.2) is 4.79 Å². The lowest BCUT2D eigenvalue weighted by atomic mass is 9.99. The molecule has 0 unspecified atom stereocenters. The van der Waals surface area contributed by atoms with Gasteiger partial charge in [-0.15, -0.1) is 0 Å². The van der Waals surface area contributed by atoms with Gasteiger partial charge in [0.15, 0.2) is 0 Å². The number of carboxylic acid groups (broad SMARTS) is 1. The maximum absolute atomic E-state index is 12.0. The van der Waals surface area contributed by atoms with E-state index in [0.717, 1.165) is 0 Å². The summed E-state index contributed by atoms with van der Waals surface area (Å²) in [7, 11) is 0. The largest absolute Gasteiger partial charge is 0.481 e. The van der Waals surface area contributed by atoms with E-state index in [1.807, 2.05) is 20.8 Å². The third-order valence-corrected chi connectivity index (χ3v) is 3.23. The Bertz CT molecular complexity index is 276. The lowest BCUT2D eigenvalue weighted by molar-refractivity contribution is -0.142. The number of hydrogen-bond donors (Lipinski definition) is 1. The van der Waals surface area contributed by atoms with Crippen LogP contribution in [0.4, 0.5) is 4.79 Å². The van der Waals surface area contributed by atoms with E-state index in [2.05, 4.69) is 0 Å². The zero-order valence-corrected chi connectivity index (χ0v) is 10.1. The van der Waals surface area contributed by atoms with Crippen LogP contribution in [-0.2, 0) is 4.79 Å². The summed E-state index contributed by atoms with van der Waals surface area (Å²) < 4.78 is 0. The summed E-state index contributed by atoms with van der Waals surface area (Å²) in [6, 6.07) is -0.0411. The lowest BCUT2D eigenvalue weighted by Crippen LogP contribution is -2.42. The molecule has 1 fully saturated rings. The normalized spacial score (nSPS) is 24.6. The molecule has 0 spiro atoms. The van der Waals surface area contributed by atoms with Crippen LogP contribution in [0.5, 0.6) is 0 Å². The Morgan fingerprint density at radius 2 is 1.88 bits per heavy atom. The Morgan fingerprint density at radius 1 is 1.31 bits per heavy atom. The topological polar surface area (TPSA) is 60.9 Å². The number of carbonyl (C=O) groups is 2. The molecule has 2 atom stereocenters. The molecule has 5 nitrogen and oxygen atoms in total. The van der Waals surface area contributed by atoms with Crippen LogP contribution in [0.2, 0.25) is 0 Å². The molecule has 0 radical (unpaired) electrons. The maximum atomic E-state index is 12.0. The Kier molecular flexibility index (Phi) is 4.15.